The standard InChI is InChI=1S/C23H23BrClNO5/c1-26-8-7-12(15(26)11-27)20-18(29-2)10-19(30-3)21-16(28)9-17(31-23(20)21)13-5-4-6-14(24)22(13)25/h4-6,9-10,12,15,27H,7-8,11H2,1-3H3/t12-,15+/m1/s1. The summed E-state index contributed by atoms with van der Waals surface area (Å²) >= 11 is 9.91. The molecule has 1 aliphatic heterocycles. The minimum atomic E-state index is -0.236. The molecule has 2 aromatic carbocycles. The molecule has 3 aromatic rings. The van der Waals surface area contributed by atoms with Crippen LogP contribution in [0.25, 0.3) is 22.3 Å². The minimum absolute atomic E-state index is 0.0147. The van der Waals surface area contributed by atoms with E-state index in [4.69, 9.17) is 25.5 Å². The Morgan fingerprint density at radius 2 is 2.00 bits per heavy atom. The maximum atomic E-state index is 13.2. The van der Waals surface area contributed by atoms with Gasteiger partial charge in [-0.3, -0.25) is 4.79 Å². The van der Waals surface area contributed by atoms with Crippen molar-refractivity contribution >= 4 is 38.5 Å². The molecule has 0 bridgehead atoms. The molecule has 0 unspecified atom stereocenters. The molecule has 8 heteroatoms. The number of rotatable bonds is 5. The van der Waals surface area contributed by atoms with Crippen LogP contribution in [0, 0.1) is 0 Å². The molecule has 0 amide bonds. The van der Waals surface area contributed by atoms with Crippen molar-refractivity contribution in [1.29, 1.82) is 0 Å². The molecular formula is C23H23BrClNO5. The van der Waals surface area contributed by atoms with Crippen LogP contribution >= 0.6 is 27.5 Å². The van der Waals surface area contributed by atoms with Gasteiger partial charge in [-0.1, -0.05) is 17.7 Å². The molecule has 4 rings (SSSR count). The molecule has 1 saturated heterocycles. The molecule has 164 valence electrons. The molecule has 0 radical (unpaired) electrons. The van der Waals surface area contributed by atoms with Crippen LogP contribution in [0.2, 0.25) is 5.02 Å². The SMILES string of the molecule is COc1cc(OC)c2c(=O)cc(-c3cccc(Br)c3Cl)oc2c1[C@@H]1CCN(C)[C@H]1CO. The van der Waals surface area contributed by atoms with Gasteiger partial charge in [0.1, 0.15) is 28.2 Å². The normalized spacial score (nSPS) is 19.2. The summed E-state index contributed by atoms with van der Waals surface area (Å²) < 4.78 is 18.2. The Bertz CT molecular complexity index is 1190. The average Bonchev–Trinajstić information content (AvgIpc) is 3.13. The molecule has 2 atom stereocenters. The van der Waals surface area contributed by atoms with Crippen LogP contribution in [-0.4, -0.2) is 50.5 Å². The van der Waals surface area contributed by atoms with Crippen LogP contribution < -0.4 is 14.9 Å². The summed E-state index contributed by atoms with van der Waals surface area (Å²) in [5, 5.41) is 10.8. The Kier molecular flexibility index (Phi) is 6.30. The lowest BCUT2D eigenvalue weighted by Gasteiger charge is -2.25. The Balaban J connectivity index is 2.07. The summed E-state index contributed by atoms with van der Waals surface area (Å²) in [6, 6.07) is 8.48. The van der Waals surface area contributed by atoms with Gasteiger partial charge in [0.15, 0.2) is 5.43 Å². The molecule has 1 N–H and O–H groups in total. The molecule has 0 aliphatic carbocycles. The molecule has 1 fully saturated rings. The van der Waals surface area contributed by atoms with Crippen LogP contribution in [0.3, 0.4) is 0 Å². The first-order valence-corrected chi connectivity index (χ1v) is 11.1. The van der Waals surface area contributed by atoms with Crippen LogP contribution in [0.15, 0.2) is 44.0 Å². The number of aliphatic hydroxyl groups is 1. The summed E-state index contributed by atoms with van der Waals surface area (Å²) in [4.78, 5) is 15.3. The second kappa shape index (κ2) is 8.82. The summed E-state index contributed by atoms with van der Waals surface area (Å²) in [5.41, 5.74) is 1.52. The first-order chi connectivity index (χ1) is 14.9. The van der Waals surface area contributed by atoms with Crippen molar-refractivity contribution in [1.82, 2.24) is 4.90 Å². The second-order valence-electron chi connectivity index (χ2n) is 7.60. The third-order valence-electron chi connectivity index (χ3n) is 6.00. The smallest absolute Gasteiger partial charge is 0.197 e. The zero-order valence-electron chi connectivity index (χ0n) is 17.4. The lowest BCUT2D eigenvalue weighted by atomic mass is 9.89. The molecule has 31 heavy (non-hydrogen) atoms. The fourth-order valence-corrected chi connectivity index (χ4v) is 5.00. The van der Waals surface area contributed by atoms with Crippen molar-refractivity contribution in [2.24, 2.45) is 0 Å². The average molecular weight is 509 g/mol. The van der Waals surface area contributed by atoms with E-state index in [1.165, 1.54) is 13.2 Å². The van der Waals surface area contributed by atoms with Crippen LogP contribution in [0.1, 0.15) is 17.9 Å². The summed E-state index contributed by atoms with van der Waals surface area (Å²) in [6.45, 7) is 0.799. The van der Waals surface area contributed by atoms with E-state index in [0.717, 1.165) is 18.5 Å². The fraction of sp³-hybridized carbons (Fsp3) is 0.348. The van der Waals surface area contributed by atoms with E-state index < -0.39 is 0 Å². The number of methoxy groups -OCH3 is 2. The van der Waals surface area contributed by atoms with Crippen molar-refractivity contribution < 1.29 is 19.0 Å². The first kappa shape index (κ1) is 22.1. The number of halogens is 2. The van der Waals surface area contributed by atoms with E-state index in [1.807, 2.05) is 19.2 Å². The van der Waals surface area contributed by atoms with Gasteiger partial charge in [-0.2, -0.15) is 0 Å². The summed E-state index contributed by atoms with van der Waals surface area (Å²) in [6.07, 6.45) is 0.797. The van der Waals surface area contributed by atoms with Gasteiger partial charge in [0.2, 0.25) is 0 Å². The van der Waals surface area contributed by atoms with Gasteiger partial charge < -0.3 is 23.9 Å². The van der Waals surface area contributed by atoms with Crippen molar-refractivity contribution in [2.75, 3.05) is 34.4 Å². The Morgan fingerprint density at radius 1 is 1.26 bits per heavy atom. The number of benzene rings is 2. The number of ether oxygens (including phenoxy) is 2. The largest absolute Gasteiger partial charge is 0.496 e. The molecule has 0 saturated carbocycles. The molecule has 1 aromatic heterocycles. The highest BCUT2D eigenvalue weighted by Gasteiger charge is 2.37. The van der Waals surface area contributed by atoms with Gasteiger partial charge in [0.05, 0.1) is 25.8 Å². The van der Waals surface area contributed by atoms with Crippen LogP contribution in [0.5, 0.6) is 11.5 Å². The summed E-state index contributed by atoms with van der Waals surface area (Å²) in [7, 11) is 5.05. The number of hydrogen-bond donors (Lipinski definition) is 1. The number of aliphatic hydroxyl groups excluding tert-OH is 1. The Labute approximate surface area is 193 Å². The van der Waals surface area contributed by atoms with Crippen molar-refractivity contribution in [2.45, 2.75) is 18.4 Å². The van der Waals surface area contributed by atoms with E-state index >= 15 is 0 Å². The highest BCUT2D eigenvalue weighted by atomic mass is 79.9. The Morgan fingerprint density at radius 3 is 2.68 bits per heavy atom. The number of nitrogens with zero attached hydrogens (tertiary/aromatic N) is 1. The monoisotopic (exact) mass is 507 g/mol. The third-order valence-corrected chi connectivity index (χ3v) is 7.30. The lowest BCUT2D eigenvalue weighted by molar-refractivity contribution is 0.171. The predicted molar refractivity (Wildman–Crippen MR) is 125 cm³/mol. The number of hydrogen-bond acceptors (Lipinski definition) is 6. The predicted octanol–water partition coefficient (Wildman–Crippen LogP) is 4.67. The van der Waals surface area contributed by atoms with Crippen LogP contribution in [0.4, 0.5) is 0 Å². The molecule has 1 aliphatic rings. The minimum Gasteiger partial charge on any atom is -0.496 e. The van der Waals surface area contributed by atoms with Gasteiger partial charge in [-0.15, -0.1) is 0 Å². The van der Waals surface area contributed by atoms with Crippen molar-refractivity contribution in [3.05, 3.63) is 55.6 Å². The summed E-state index contributed by atoms with van der Waals surface area (Å²) in [5.74, 6) is 1.22. The molecular weight excluding hydrogens is 486 g/mol. The maximum absolute atomic E-state index is 13.2. The number of fused-ring (bicyclic) bond motifs is 1. The molecule has 0 spiro atoms. The lowest BCUT2D eigenvalue weighted by Crippen LogP contribution is -2.32. The number of likely N-dealkylation sites (N-methyl/N-ethyl adjacent to an activating group) is 1. The van der Waals surface area contributed by atoms with Gasteiger partial charge in [-0.05, 0) is 48.1 Å². The maximum Gasteiger partial charge on any atom is 0.197 e. The highest BCUT2D eigenvalue weighted by molar-refractivity contribution is 9.10. The second-order valence-corrected chi connectivity index (χ2v) is 8.83. The van der Waals surface area contributed by atoms with Crippen molar-refractivity contribution in [3.8, 4) is 22.8 Å². The zero-order valence-corrected chi connectivity index (χ0v) is 19.8. The van der Waals surface area contributed by atoms with E-state index in [2.05, 4.69) is 20.8 Å². The van der Waals surface area contributed by atoms with Crippen LogP contribution in [-0.2, 0) is 0 Å². The van der Waals surface area contributed by atoms with E-state index in [0.29, 0.717) is 43.3 Å². The van der Waals surface area contributed by atoms with Crippen molar-refractivity contribution in [3.63, 3.8) is 0 Å². The van der Waals surface area contributed by atoms with Gasteiger partial charge >= 0.3 is 0 Å². The van der Waals surface area contributed by atoms with Gasteiger partial charge in [0.25, 0.3) is 0 Å². The van der Waals surface area contributed by atoms with E-state index in [-0.39, 0.29) is 24.0 Å². The first-order valence-electron chi connectivity index (χ1n) is 9.89. The van der Waals surface area contributed by atoms with E-state index in [1.54, 1.807) is 19.2 Å². The molecule has 6 nitrogen and oxygen atoms in total. The van der Waals surface area contributed by atoms with Gasteiger partial charge in [0, 0.05) is 39.7 Å². The molecule has 2 heterocycles. The van der Waals surface area contributed by atoms with E-state index in [9.17, 15) is 9.90 Å². The zero-order chi connectivity index (χ0) is 22.3. The third kappa shape index (κ3) is 3.74. The quantitative estimate of drug-likeness (QED) is 0.540. The fourth-order valence-electron chi connectivity index (χ4n) is 4.42. The topological polar surface area (TPSA) is 72.1 Å². The van der Waals surface area contributed by atoms with Gasteiger partial charge in [-0.25, -0.2) is 0 Å². The highest BCUT2D eigenvalue weighted by Crippen LogP contribution is 2.45. The number of likely N-dealkylation sites (tertiary alicyclic amines) is 1. The Hall–Kier alpha value is -2.06.